The lowest BCUT2D eigenvalue weighted by Crippen LogP contribution is -2.28. The zero-order valence-corrected chi connectivity index (χ0v) is 13.2. The first kappa shape index (κ1) is 15.4. The van der Waals surface area contributed by atoms with E-state index in [0.29, 0.717) is 6.04 Å². The molecule has 4 heteroatoms. The highest BCUT2D eigenvalue weighted by atomic mass is 15.1. The third kappa shape index (κ3) is 3.76. The molecule has 0 aromatic carbocycles. The second-order valence-corrected chi connectivity index (χ2v) is 5.47. The smallest absolute Gasteiger partial charge is 0.129 e. The molecule has 1 aromatic heterocycles. The van der Waals surface area contributed by atoms with Crippen molar-refractivity contribution in [2.24, 2.45) is 0 Å². The molecule has 0 bridgehead atoms. The summed E-state index contributed by atoms with van der Waals surface area (Å²) in [6.07, 6.45) is 6.57. The second-order valence-electron chi connectivity index (χ2n) is 5.47. The van der Waals surface area contributed by atoms with Gasteiger partial charge >= 0.3 is 0 Å². The first-order valence-electron chi connectivity index (χ1n) is 8.08. The van der Waals surface area contributed by atoms with E-state index in [1.54, 1.807) is 0 Å². The number of nitrogens with one attached hydrogen (secondary N) is 1. The summed E-state index contributed by atoms with van der Waals surface area (Å²) in [7, 11) is 0. The van der Waals surface area contributed by atoms with Crippen LogP contribution in [0.25, 0.3) is 0 Å². The van der Waals surface area contributed by atoms with E-state index < -0.39 is 0 Å². The molecule has 4 nitrogen and oxygen atoms in total. The quantitative estimate of drug-likeness (QED) is 0.830. The highest BCUT2D eigenvalue weighted by Gasteiger charge is 2.21. The lowest BCUT2D eigenvalue weighted by molar-refractivity contribution is 0.305. The van der Waals surface area contributed by atoms with E-state index in [1.807, 2.05) is 0 Å². The van der Waals surface area contributed by atoms with Gasteiger partial charge in [-0.2, -0.15) is 0 Å². The van der Waals surface area contributed by atoms with E-state index in [4.69, 9.17) is 4.98 Å². The van der Waals surface area contributed by atoms with Gasteiger partial charge in [-0.1, -0.05) is 20.8 Å². The van der Waals surface area contributed by atoms with Crippen molar-refractivity contribution < 1.29 is 0 Å². The maximum Gasteiger partial charge on any atom is 0.129 e. The Morgan fingerprint density at radius 2 is 2.10 bits per heavy atom. The number of hydrogen-bond donors (Lipinski definition) is 1. The van der Waals surface area contributed by atoms with E-state index in [1.165, 1.54) is 24.1 Å². The molecule has 1 aliphatic carbocycles. The van der Waals surface area contributed by atoms with Crippen molar-refractivity contribution in [3.8, 4) is 0 Å². The highest BCUT2D eigenvalue weighted by Crippen LogP contribution is 2.27. The summed E-state index contributed by atoms with van der Waals surface area (Å²) in [6.45, 7) is 10.8. The summed E-state index contributed by atoms with van der Waals surface area (Å²) in [5, 5.41) is 3.54. The standard InChI is InChI=1S/C16H28N4/c1-4-17-14-8-7-9-15-13(14)12-18-16(19-15)10-11-20(5-2)6-3/h12,14,17H,4-11H2,1-3H3. The van der Waals surface area contributed by atoms with Gasteiger partial charge in [-0.25, -0.2) is 9.97 Å². The zero-order chi connectivity index (χ0) is 14.4. The number of aromatic nitrogens is 2. The van der Waals surface area contributed by atoms with Gasteiger partial charge in [0.15, 0.2) is 0 Å². The van der Waals surface area contributed by atoms with Crippen LogP contribution >= 0.6 is 0 Å². The summed E-state index contributed by atoms with van der Waals surface area (Å²) >= 11 is 0. The van der Waals surface area contributed by atoms with Crippen molar-refractivity contribution >= 4 is 0 Å². The van der Waals surface area contributed by atoms with Gasteiger partial charge in [-0.05, 0) is 38.9 Å². The summed E-state index contributed by atoms with van der Waals surface area (Å²) in [4.78, 5) is 11.8. The molecule has 1 N–H and O–H groups in total. The summed E-state index contributed by atoms with van der Waals surface area (Å²) in [5.74, 6) is 1.01. The van der Waals surface area contributed by atoms with Crippen LogP contribution in [0.4, 0.5) is 0 Å². The normalized spacial score (nSPS) is 18.3. The molecule has 1 unspecified atom stereocenters. The Hall–Kier alpha value is -1.00. The monoisotopic (exact) mass is 276 g/mol. The predicted molar refractivity (Wildman–Crippen MR) is 82.9 cm³/mol. The van der Waals surface area contributed by atoms with Crippen LogP contribution in [0.15, 0.2) is 6.20 Å². The van der Waals surface area contributed by atoms with Crippen molar-refractivity contribution in [2.75, 3.05) is 26.2 Å². The van der Waals surface area contributed by atoms with Crippen molar-refractivity contribution in [1.82, 2.24) is 20.2 Å². The van der Waals surface area contributed by atoms with Crippen molar-refractivity contribution in [3.63, 3.8) is 0 Å². The largest absolute Gasteiger partial charge is 0.310 e. The van der Waals surface area contributed by atoms with Crippen LogP contribution in [-0.2, 0) is 12.8 Å². The Morgan fingerprint density at radius 3 is 2.80 bits per heavy atom. The molecule has 0 saturated heterocycles. The fraction of sp³-hybridized carbons (Fsp3) is 0.750. The number of nitrogens with zero attached hydrogens (tertiary/aromatic N) is 3. The third-order valence-corrected chi connectivity index (χ3v) is 4.23. The number of fused-ring (bicyclic) bond motifs is 1. The second kappa shape index (κ2) is 7.70. The molecule has 0 amide bonds. The SMILES string of the molecule is CCNC1CCCc2nc(CCN(CC)CC)ncc21. The van der Waals surface area contributed by atoms with E-state index >= 15 is 0 Å². The van der Waals surface area contributed by atoms with Crippen LogP contribution in [0, 0.1) is 0 Å². The number of rotatable bonds is 7. The van der Waals surface area contributed by atoms with Gasteiger partial charge in [0.2, 0.25) is 0 Å². The maximum atomic E-state index is 4.81. The van der Waals surface area contributed by atoms with Gasteiger partial charge in [-0.3, -0.25) is 0 Å². The van der Waals surface area contributed by atoms with Gasteiger partial charge < -0.3 is 10.2 Å². The summed E-state index contributed by atoms with van der Waals surface area (Å²) in [6, 6.07) is 0.459. The first-order valence-corrected chi connectivity index (χ1v) is 8.08. The molecule has 1 atom stereocenters. The number of hydrogen-bond acceptors (Lipinski definition) is 4. The van der Waals surface area contributed by atoms with Gasteiger partial charge in [0.1, 0.15) is 5.82 Å². The molecule has 0 fully saturated rings. The van der Waals surface area contributed by atoms with E-state index in [9.17, 15) is 0 Å². The van der Waals surface area contributed by atoms with Crippen molar-refractivity contribution in [1.29, 1.82) is 0 Å². The number of aryl methyl sites for hydroxylation is 1. The minimum atomic E-state index is 0.459. The van der Waals surface area contributed by atoms with Gasteiger partial charge in [-0.15, -0.1) is 0 Å². The van der Waals surface area contributed by atoms with E-state index in [0.717, 1.165) is 44.8 Å². The molecule has 0 aliphatic heterocycles. The fourth-order valence-corrected chi connectivity index (χ4v) is 2.97. The van der Waals surface area contributed by atoms with Crippen LogP contribution in [0.2, 0.25) is 0 Å². The molecule has 0 saturated carbocycles. The maximum absolute atomic E-state index is 4.81. The van der Waals surface area contributed by atoms with Crippen molar-refractivity contribution in [2.45, 2.75) is 52.5 Å². The highest BCUT2D eigenvalue weighted by molar-refractivity contribution is 5.24. The summed E-state index contributed by atoms with van der Waals surface area (Å²) < 4.78 is 0. The topological polar surface area (TPSA) is 41.1 Å². The molecule has 1 aliphatic rings. The lowest BCUT2D eigenvalue weighted by Gasteiger charge is -2.25. The predicted octanol–water partition coefficient (Wildman–Crippen LogP) is 2.35. The Labute approximate surface area is 123 Å². The van der Waals surface area contributed by atoms with Gasteiger partial charge in [0, 0.05) is 36.5 Å². The molecule has 1 aromatic rings. The van der Waals surface area contributed by atoms with Gasteiger partial charge in [0.25, 0.3) is 0 Å². The Balaban J connectivity index is 2.03. The minimum Gasteiger partial charge on any atom is -0.310 e. The van der Waals surface area contributed by atoms with Crippen LogP contribution in [0.3, 0.4) is 0 Å². The number of likely N-dealkylation sites (N-methyl/N-ethyl adjacent to an activating group) is 1. The molecule has 0 radical (unpaired) electrons. The van der Waals surface area contributed by atoms with Gasteiger partial charge in [0.05, 0.1) is 0 Å². The third-order valence-electron chi connectivity index (χ3n) is 4.23. The van der Waals surface area contributed by atoms with Crippen LogP contribution in [0.5, 0.6) is 0 Å². The van der Waals surface area contributed by atoms with Crippen LogP contribution in [0.1, 0.15) is 56.7 Å². The molecule has 20 heavy (non-hydrogen) atoms. The minimum absolute atomic E-state index is 0.459. The van der Waals surface area contributed by atoms with Crippen LogP contribution in [-0.4, -0.2) is 41.0 Å². The molecule has 112 valence electrons. The van der Waals surface area contributed by atoms with Crippen LogP contribution < -0.4 is 5.32 Å². The zero-order valence-electron chi connectivity index (χ0n) is 13.2. The summed E-state index contributed by atoms with van der Waals surface area (Å²) in [5.41, 5.74) is 2.59. The Morgan fingerprint density at radius 1 is 1.30 bits per heavy atom. The lowest BCUT2D eigenvalue weighted by atomic mass is 9.92. The molecule has 1 heterocycles. The average molecular weight is 276 g/mol. The van der Waals surface area contributed by atoms with E-state index in [-0.39, 0.29) is 0 Å². The molecule has 2 rings (SSSR count). The Bertz CT molecular complexity index is 415. The fourth-order valence-electron chi connectivity index (χ4n) is 2.97. The van der Waals surface area contributed by atoms with Crippen molar-refractivity contribution in [3.05, 3.63) is 23.3 Å². The Kier molecular flexibility index (Phi) is 5.92. The molecular weight excluding hydrogens is 248 g/mol. The average Bonchev–Trinajstić information content (AvgIpc) is 2.48. The molecular formula is C16H28N4. The molecule has 0 spiro atoms. The van der Waals surface area contributed by atoms with E-state index in [2.05, 4.69) is 42.2 Å². The first-order chi connectivity index (χ1) is 9.78.